The molecule has 2 N–H and O–H groups in total. The SMILES string of the molecule is CC1=CCN(C(=O)NC(C)(C)CCC(=O)O)CC1. The third-order valence-electron chi connectivity index (χ3n) is 3.13. The van der Waals surface area contributed by atoms with Crippen molar-refractivity contribution in [2.45, 2.75) is 45.6 Å². The van der Waals surface area contributed by atoms with Crippen LogP contribution in [0.2, 0.25) is 0 Å². The quantitative estimate of drug-likeness (QED) is 0.754. The summed E-state index contributed by atoms with van der Waals surface area (Å²) in [6, 6.07) is -0.117. The Labute approximate surface area is 108 Å². The van der Waals surface area contributed by atoms with Gasteiger partial charge in [-0.1, -0.05) is 11.6 Å². The summed E-state index contributed by atoms with van der Waals surface area (Å²) in [5, 5.41) is 11.5. The molecule has 0 radical (unpaired) electrons. The number of carboxylic acids is 1. The van der Waals surface area contributed by atoms with E-state index in [1.54, 1.807) is 4.90 Å². The highest BCUT2D eigenvalue weighted by Gasteiger charge is 2.24. The maximum absolute atomic E-state index is 12.0. The van der Waals surface area contributed by atoms with E-state index in [2.05, 4.69) is 12.2 Å². The highest BCUT2D eigenvalue weighted by molar-refractivity contribution is 5.75. The van der Waals surface area contributed by atoms with Gasteiger partial charge in [0.1, 0.15) is 0 Å². The molecule has 0 aliphatic carbocycles. The van der Waals surface area contributed by atoms with Gasteiger partial charge in [0.2, 0.25) is 0 Å². The van der Waals surface area contributed by atoms with Gasteiger partial charge >= 0.3 is 12.0 Å². The molecule has 0 unspecified atom stereocenters. The van der Waals surface area contributed by atoms with E-state index in [0.717, 1.165) is 13.0 Å². The van der Waals surface area contributed by atoms with Crippen molar-refractivity contribution in [2.75, 3.05) is 13.1 Å². The number of amides is 2. The molecule has 0 aromatic carbocycles. The predicted molar refractivity (Wildman–Crippen MR) is 69.4 cm³/mol. The zero-order valence-electron chi connectivity index (χ0n) is 11.3. The number of hydrogen-bond acceptors (Lipinski definition) is 2. The van der Waals surface area contributed by atoms with E-state index >= 15 is 0 Å². The first-order chi connectivity index (χ1) is 8.30. The van der Waals surface area contributed by atoms with E-state index in [4.69, 9.17) is 5.11 Å². The van der Waals surface area contributed by atoms with Crippen molar-refractivity contribution in [1.82, 2.24) is 10.2 Å². The zero-order chi connectivity index (χ0) is 13.8. The number of carboxylic acid groups (broad SMARTS) is 1. The summed E-state index contributed by atoms with van der Waals surface area (Å²) in [6.07, 6.45) is 3.44. The van der Waals surface area contributed by atoms with E-state index < -0.39 is 11.5 Å². The molecule has 18 heavy (non-hydrogen) atoms. The van der Waals surface area contributed by atoms with Gasteiger partial charge in [0.15, 0.2) is 0 Å². The minimum Gasteiger partial charge on any atom is -0.481 e. The molecule has 0 aromatic heterocycles. The summed E-state index contributed by atoms with van der Waals surface area (Å²) in [5.41, 5.74) is 0.815. The Hall–Kier alpha value is -1.52. The van der Waals surface area contributed by atoms with Gasteiger partial charge in [0.05, 0.1) is 0 Å². The maximum atomic E-state index is 12.0. The van der Waals surface area contributed by atoms with Crippen LogP contribution in [0.25, 0.3) is 0 Å². The second-order valence-electron chi connectivity index (χ2n) is 5.45. The third kappa shape index (κ3) is 4.77. The average Bonchev–Trinajstić information content (AvgIpc) is 2.27. The number of urea groups is 1. The van der Waals surface area contributed by atoms with Crippen LogP contribution in [0.5, 0.6) is 0 Å². The van der Waals surface area contributed by atoms with Crippen LogP contribution in [-0.2, 0) is 4.79 Å². The molecule has 0 fully saturated rings. The molecule has 5 heteroatoms. The summed E-state index contributed by atoms with van der Waals surface area (Å²) < 4.78 is 0. The first kappa shape index (κ1) is 14.5. The minimum absolute atomic E-state index is 0.0618. The molecular weight excluding hydrogens is 232 g/mol. The molecule has 1 rings (SSSR count). The Morgan fingerprint density at radius 3 is 2.67 bits per heavy atom. The van der Waals surface area contributed by atoms with Gasteiger partial charge in [-0.15, -0.1) is 0 Å². The number of aliphatic carboxylic acids is 1. The second kappa shape index (κ2) is 5.89. The van der Waals surface area contributed by atoms with Crippen LogP contribution < -0.4 is 5.32 Å². The fraction of sp³-hybridized carbons (Fsp3) is 0.692. The molecule has 1 aliphatic heterocycles. The monoisotopic (exact) mass is 254 g/mol. The molecule has 1 heterocycles. The second-order valence-corrected chi connectivity index (χ2v) is 5.45. The first-order valence-electron chi connectivity index (χ1n) is 6.25. The fourth-order valence-corrected chi connectivity index (χ4v) is 1.81. The predicted octanol–water partition coefficient (Wildman–Crippen LogP) is 1.99. The molecule has 0 spiro atoms. The van der Waals surface area contributed by atoms with Crippen LogP contribution in [0, 0.1) is 0 Å². The topological polar surface area (TPSA) is 69.6 Å². The largest absolute Gasteiger partial charge is 0.481 e. The molecule has 0 saturated carbocycles. The van der Waals surface area contributed by atoms with Gasteiger partial charge in [0.25, 0.3) is 0 Å². The van der Waals surface area contributed by atoms with Crippen LogP contribution in [0.4, 0.5) is 4.79 Å². The molecule has 2 amide bonds. The maximum Gasteiger partial charge on any atom is 0.318 e. The molecule has 102 valence electrons. The fourth-order valence-electron chi connectivity index (χ4n) is 1.81. The van der Waals surface area contributed by atoms with Crippen molar-refractivity contribution in [2.24, 2.45) is 0 Å². The molecule has 0 atom stereocenters. The lowest BCUT2D eigenvalue weighted by atomic mass is 9.98. The Morgan fingerprint density at radius 1 is 1.50 bits per heavy atom. The highest BCUT2D eigenvalue weighted by Crippen LogP contribution is 2.14. The Balaban J connectivity index is 2.46. The van der Waals surface area contributed by atoms with Gasteiger partial charge in [-0.3, -0.25) is 4.79 Å². The van der Waals surface area contributed by atoms with E-state index in [0.29, 0.717) is 13.0 Å². The number of nitrogens with zero attached hydrogens (tertiary/aromatic N) is 1. The molecule has 0 saturated heterocycles. The number of carbonyl (C=O) groups is 2. The van der Waals surface area contributed by atoms with Crippen LogP contribution in [-0.4, -0.2) is 40.6 Å². The van der Waals surface area contributed by atoms with Crippen molar-refractivity contribution in [3.05, 3.63) is 11.6 Å². The lowest BCUT2D eigenvalue weighted by Crippen LogP contribution is -2.51. The van der Waals surface area contributed by atoms with Crippen LogP contribution in [0.1, 0.15) is 40.0 Å². The summed E-state index contributed by atoms with van der Waals surface area (Å²) in [5.74, 6) is -0.839. The molecular formula is C13H22N2O3. The highest BCUT2D eigenvalue weighted by atomic mass is 16.4. The number of hydrogen-bond donors (Lipinski definition) is 2. The lowest BCUT2D eigenvalue weighted by molar-refractivity contribution is -0.137. The normalized spacial score (nSPS) is 16.2. The zero-order valence-corrected chi connectivity index (χ0v) is 11.3. The van der Waals surface area contributed by atoms with Crippen molar-refractivity contribution >= 4 is 12.0 Å². The summed E-state index contributed by atoms with van der Waals surface area (Å²) in [4.78, 5) is 24.3. The molecule has 1 aliphatic rings. The van der Waals surface area contributed by atoms with Crippen LogP contribution in [0.3, 0.4) is 0 Å². The summed E-state index contributed by atoms with van der Waals surface area (Å²) >= 11 is 0. The van der Waals surface area contributed by atoms with Gasteiger partial charge in [-0.05, 0) is 33.6 Å². The van der Waals surface area contributed by atoms with Gasteiger partial charge < -0.3 is 15.3 Å². The number of carbonyl (C=O) groups excluding carboxylic acids is 1. The van der Waals surface area contributed by atoms with E-state index in [1.165, 1.54) is 5.57 Å². The first-order valence-corrected chi connectivity index (χ1v) is 6.25. The molecule has 0 bridgehead atoms. The Morgan fingerprint density at radius 2 is 2.17 bits per heavy atom. The Bertz CT molecular complexity index is 361. The Kier molecular flexibility index (Phi) is 4.76. The van der Waals surface area contributed by atoms with E-state index in [-0.39, 0.29) is 12.5 Å². The summed E-state index contributed by atoms with van der Waals surface area (Å²) in [7, 11) is 0. The average molecular weight is 254 g/mol. The lowest BCUT2D eigenvalue weighted by Gasteiger charge is -2.32. The molecule has 5 nitrogen and oxygen atoms in total. The standard InChI is InChI=1S/C13H22N2O3/c1-10-5-8-15(9-6-10)12(18)14-13(2,3)7-4-11(16)17/h5H,4,6-9H2,1-3H3,(H,14,18)(H,16,17). The van der Waals surface area contributed by atoms with Crippen LogP contribution >= 0.6 is 0 Å². The number of rotatable bonds is 4. The van der Waals surface area contributed by atoms with Crippen LogP contribution in [0.15, 0.2) is 11.6 Å². The smallest absolute Gasteiger partial charge is 0.318 e. The van der Waals surface area contributed by atoms with E-state index in [1.807, 2.05) is 19.9 Å². The van der Waals surface area contributed by atoms with Gasteiger partial charge in [-0.2, -0.15) is 0 Å². The number of nitrogens with one attached hydrogen (secondary N) is 1. The van der Waals surface area contributed by atoms with Crippen molar-refractivity contribution in [3.8, 4) is 0 Å². The van der Waals surface area contributed by atoms with E-state index in [9.17, 15) is 9.59 Å². The van der Waals surface area contributed by atoms with Gasteiger partial charge in [0, 0.05) is 25.0 Å². The summed E-state index contributed by atoms with van der Waals surface area (Å²) in [6.45, 7) is 7.11. The van der Waals surface area contributed by atoms with Crippen molar-refractivity contribution in [3.63, 3.8) is 0 Å². The van der Waals surface area contributed by atoms with Crippen molar-refractivity contribution < 1.29 is 14.7 Å². The third-order valence-corrected chi connectivity index (χ3v) is 3.13. The minimum atomic E-state index is -0.839. The van der Waals surface area contributed by atoms with Crippen molar-refractivity contribution in [1.29, 1.82) is 0 Å². The molecule has 0 aromatic rings. The van der Waals surface area contributed by atoms with Gasteiger partial charge in [-0.25, -0.2) is 4.79 Å².